The minimum atomic E-state index is -0.130. The molecule has 6 nitrogen and oxygen atoms in total. The normalized spacial score (nSPS) is 21.2. The standard InChI is InChI=1S/C19H27N3O3/c1-2-25-17-9-7-16(8-10-17)22-14-15(13-18(22)23)20-19(24)21-11-5-3-4-6-12-21/h7-10,15H,2-6,11-14H2,1H3,(H,20,24)/t15-/m0/s1. The zero-order valence-electron chi connectivity index (χ0n) is 14.9. The van der Waals surface area contributed by atoms with Gasteiger partial charge in [0.1, 0.15) is 5.75 Å². The van der Waals surface area contributed by atoms with Crippen LogP contribution in [-0.2, 0) is 4.79 Å². The molecule has 0 radical (unpaired) electrons. The van der Waals surface area contributed by atoms with Crippen molar-refractivity contribution in [2.75, 3.05) is 31.1 Å². The minimum absolute atomic E-state index is 0.0340. The van der Waals surface area contributed by atoms with Crippen LogP contribution < -0.4 is 15.0 Å². The monoisotopic (exact) mass is 345 g/mol. The van der Waals surface area contributed by atoms with Crippen LogP contribution in [0.15, 0.2) is 24.3 Å². The lowest BCUT2D eigenvalue weighted by Gasteiger charge is -2.23. The molecule has 0 spiro atoms. The first-order chi connectivity index (χ1) is 12.2. The summed E-state index contributed by atoms with van der Waals surface area (Å²) < 4.78 is 5.44. The maximum Gasteiger partial charge on any atom is 0.317 e. The molecule has 136 valence electrons. The Hall–Kier alpha value is -2.24. The number of anilines is 1. The molecule has 6 heteroatoms. The van der Waals surface area contributed by atoms with Crippen LogP contribution >= 0.6 is 0 Å². The number of urea groups is 1. The lowest BCUT2D eigenvalue weighted by Crippen LogP contribution is -2.46. The molecule has 0 bridgehead atoms. The van der Waals surface area contributed by atoms with Crippen LogP contribution in [0.2, 0.25) is 0 Å². The SMILES string of the molecule is CCOc1ccc(N2C[C@@H](NC(=O)N3CCCCCC3)CC2=O)cc1. The number of likely N-dealkylation sites (tertiary alicyclic amines) is 1. The van der Waals surface area contributed by atoms with E-state index in [-0.39, 0.29) is 18.0 Å². The first-order valence-electron chi connectivity index (χ1n) is 9.26. The molecule has 25 heavy (non-hydrogen) atoms. The summed E-state index contributed by atoms with van der Waals surface area (Å²) in [5.41, 5.74) is 0.847. The number of amides is 3. The summed E-state index contributed by atoms with van der Waals surface area (Å²) >= 11 is 0. The smallest absolute Gasteiger partial charge is 0.317 e. The molecular weight excluding hydrogens is 318 g/mol. The number of benzene rings is 1. The summed E-state index contributed by atoms with van der Waals surface area (Å²) in [6.45, 7) is 4.71. The summed E-state index contributed by atoms with van der Waals surface area (Å²) in [6.07, 6.45) is 4.87. The van der Waals surface area contributed by atoms with Crippen molar-refractivity contribution in [3.63, 3.8) is 0 Å². The molecule has 1 aromatic carbocycles. The molecule has 2 aliphatic heterocycles. The molecule has 2 fully saturated rings. The number of rotatable bonds is 4. The zero-order chi connectivity index (χ0) is 17.6. The van der Waals surface area contributed by atoms with Gasteiger partial charge >= 0.3 is 6.03 Å². The summed E-state index contributed by atoms with van der Waals surface area (Å²) in [4.78, 5) is 28.4. The Morgan fingerprint density at radius 3 is 2.48 bits per heavy atom. The van der Waals surface area contributed by atoms with E-state index in [0.29, 0.717) is 19.6 Å². The van der Waals surface area contributed by atoms with Crippen LogP contribution in [0.25, 0.3) is 0 Å². The number of nitrogens with one attached hydrogen (secondary N) is 1. The molecule has 1 N–H and O–H groups in total. The van der Waals surface area contributed by atoms with E-state index >= 15 is 0 Å². The highest BCUT2D eigenvalue weighted by Crippen LogP contribution is 2.24. The van der Waals surface area contributed by atoms with Crippen molar-refractivity contribution >= 4 is 17.6 Å². The van der Waals surface area contributed by atoms with Gasteiger partial charge in [-0.2, -0.15) is 0 Å². The van der Waals surface area contributed by atoms with Crippen LogP contribution in [0.1, 0.15) is 39.0 Å². The number of nitrogens with zero attached hydrogens (tertiary/aromatic N) is 2. The van der Waals surface area contributed by atoms with Gasteiger partial charge < -0.3 is 19.9 Å². The number of hydrogen-bond acceptors (Lipinski definition) is 3. The summed E-state index contributed by atoms with van der Waals surface area (Å²) in [5.74, 6) is 0.842. The third-order valence-corrected chi connectivity index (χ3v) is 4.81. The lowest BCUT2D eigenvalue weighted by molar-refractivity contribution is -0.117. The molecule has 1 aromatic rings. The number of hydrogen-bond donors (Lipinski definition) is 1. The van der Waals surface area contributed by atoms with Crippen LogP contribution in [0.5, 0.6) is 5.75 Å². The van der Waals surface area contributed by atoms with Gasteiger partial charge in [0, 0.05) is 31.7 Å². The molecular formula is C19H27N3O3. The van der Waals surface area contributed by atoms with Crippen molar-refractivity contribution in [1.29, 1.82) is 0 Å². The predicted octanol–water partition coefficient (Wildman–Crippen LogP) is 2.78. The number of carbonyl (C=O) groups excluding carboxylic acids is 2. The zero-order valence-corrected chi connectivity index (χ0v) is 14.9. The van der Waals surface area contributed by atoms with Gasteiger partial charge in [0.15, 0.2) is 0 Å². The summed E-state index contributed by atoms with van der Waals surface area (Å²) in [6, 6.07) is 7.36. The molecule has 1 atom stereocenters. The topological polar surface area (TPSA) is 61.9 Å². The average molecular weight is 345 g/mol. The Labute approximate surface area is 149 Å². The second-order valence-electron chi connectivity index (χ2n) is 6.68. The largest absolute Gasteiger partial charge is 0.494 e. The predicted molar refractivity (Wildman–Crippen MR) is 96.9 cm³/mol. The van der Waals surface area contributed by atoms with Crippen molar-refractivity contribution in [2.24, 2.45) is 0 Å². The van der Waals surface area contributed by atoms with Crippen LogP contribution in [-0.4, -0.2) is 49.1 Å². The molecule has 3 rings (SSSR count). The van der Waals surface area contributed by atoms with E-state index in [2.05, 4.69) is 5.32 Å². The third-order valence-electron chi connectivity index (χ3n) is 4.81. The van der Waals surface area contributed by atoms with Gasteiger partial charge in [-0.1, -0.05) is 12.8 Å². The summed E-state index contributed by atoms with van der Waals surface area (Å²) in [7, 11) is 0. The van der Waals surface area contributed by atoms with E-state index < -0.39 is 0 Å². The first-order valence-corrected chi connectivity index (χ1v) is 9.26. The molecule has 3 amide bonds. The Balaban J connectivity index is 1.57. The highest BCUT2D eigenvalue weighted by Gasteiger charge is 2.32. The highest BCUT2D eigenvalue weighted by molar-refractivity contribution is 5.96. The minimum Gasteiger partial charge on any atom is -0.494 e. The van der Waals surface area contributed by atoms with Crippen molar-refractivity contribution in [3.8, 4) is 5.75 Å². The first kappa shape index (κ1) is 17.6. The van der Waals surface area contributed by atoms with Crippen molar-refractivity contribution in [3.05, 3.63) is 24.3 Å². The second-order valence-corrected chi connectivity index (χ2v) is 6.68. The van der Waals surface area contributed by atoms with E-state index in [9.17, 15) is 9.59 Å². The highest BCUT2D eigenvalue weighted by atomic mass is 16.5. The average Bonchev–Trinajstić information content (AvgIpc) is 2.82. The maximum absolute atomic E-state index is 12.4. The van der Waals surface area contributed by atoms with Crippen LogP contribution in [0.3, 0.4) is 0 Å². The van der Waals surface area contributed by atoms with E-state index in [1.54, 1.807) is 4.90 Å². The third kappa shape index (κ3) is 4.44. The van der Waals surface area contributed by atoms with Crippen LogP contribution in [0.4, 0.5) is 10.5 Å². The number of carbonyl (C=O) groups is 2. The van der Waals surface area contributed by atoms with Crippen molar-refractivity contribution in [2.45, 2.75) is 45.1 Å². The molecule has 2 aliphatic rings. The van der Waals surface area contributed by atoms with Gasteiger partial charge in [0.05, 0.1) is 12.6 Å². The molecule has 0 aliphatic carbocycles. The van der Waals surface area contributed by atoms with E-state index in [0.717, 1.165) is 37.4 Å². The Morgan fingerprint density at radius 2 is 1.84 bits per heavy atom. The van der Waals surface area contributed by atoms with Crippen molar-refractivity contribution in [1.82, 2.24) is 10.2 Å². The van der Waals surface area contributed by atoms with Gasteiger partial charge in [-0.05, 0) is 44.0 Å². The Kier molecular flexibility index (Phi) is 5.79. The summed E-state index contributed by atoms with van der Waals surface area (Å²) in [5, 5.41) is 3.04. The van der Waals surface area contributed by atoms with Crippen molar-refractivity contribution < 1.29 is 14.3 Å². The van der Waals surface area contributed by atoms with Gasteiger partial charge in [-0.15, -0.1) is 0 Å². The van der Waals surface area contributed by atoms with E-state index in [1.807, 2.05) is 36.1 Å². The van der Waals surface area contributed by atoms with Crippen LogP contribution in [0, 0.1) is 0 Å². The fourth-order valence-corrected chi connectivity index (χ4v) is 3.48. The van der Waals surface area contributed by atoms with Gasteiger partial charge in [-0.3, -0.25) is 4.79 Å². The molecule has 0 aromatic heterocycles. The van der Waals surface area contributed by atoms with Gasteiger partial charge in [0.25, 0.3) is 0 Å². The fourth-order valence-electron chi connectivity index (χ4n) is 3.48. The maximum atomic E-state index is 12.4. The molecule has 0 unspecified atom stereocenters. The van der Waals surface area contributed by atoms with Gasteiger partial charge in [-0.25, -0.2) is 4.79 Å². The van der Waals surface area contributed by atoms with E-state index in [1.165, 1.54) is 12.8 Å². The molecule has 2 heterocycles. The van der Waals surface area contributed by atoms with Gasteiger partial charge in [0.2, 0.25) is 5.91 Å². The second kappa shape index (κ2) is 8.23. The molecule has 2 saturated heterocycles. The molecule has 0 saturated carbocycles. The lowest BCUT2D eigenvalue weighted by atomic mass is 10.2. The quantitative estimate of drug-likeness (QED) is 0.913. The Bertz CT molecular complexity index is 594. The Morgan fingerprint density at radius 1 is 1.16 bits per heavy atom. The van der Waals surface area contributed by atoms with E-state index in [4.69, 9.17) is 4.74 Å². The fraction of sp³-hybridized carbons (Fsp3) is 0.579. The number of ether oxygens (including phenoxy) is 1.